The molecule has 78 valence electrons. The molecular formula is C11H12N2O2. The van der Waals surface area contributed by atoms with E-state index in [0.29, 0.717) is 18.9 Å². The topological polar surface area (TPSA) is 61.3 Å². The molecule has 0 fully saturated rings. The summed E-state index contributed by atoms with van der Waals surface area (Å²) in [5.41, 5.74) is 6.28. The van der Waals surface area contributed by atoms with E-state index in [4.69, 9.17) is 14.9 Å². The number of nitrogens with zero attached hydrogens (tertiary/aromatic N) is 1. The maximum absolute atomic E-state index is 5.45. The standard InChI is InChI=1S/C11H12N2O2/c12-6-9-3-4-10(7-13-9)15-8-11-2-1-5-14-11/h1-5,7H,6,8,12H2. The van der Waals surface area contributed by atoms with Gasteiger partial charge in [0, 0.05) is 6.54 Å². The predicted molar refractivity (Wildman–Crippen MR) is 55.2 cm³/mol. The molecule has 0 aromatic carbocycles. The van der Waals surface area contributed by atoms with Crippen molar-refractivity contribution in [2.75, 3.05) is 0 Å². The summed E-state index contributed by atoms with van der Waals surface area (Å²) in [4.78, 5) is 4.12. The summed E-state index contributed by atoms with van der Waals surface area (Å²) in [5.74, 6) is 1.50. The van der Waals surface area contributed by atoms with Gasteiger partial charge in [0.2, 0.25) is 0 Å². The van der Waals surface area contributed by atoms with Gasteiger partial charge in [-0.2, -0.15) is 0 Å². The first-order valence-corrected chi connectivity index (χ1v) is 4.68. The molecule has 0 saturated carbocycles. The van der Waals surface area contributed by atoms with Crippen molar-refractivity contribution < 1.29 is 9.15 Å². The number of aromatic nitrogens is 1. The first-order chi connectivity index (χ1) is 7.38. The molecule has 2 heterocycles. The molecule has 0 aliphatic carbocycles. The Bertz CT molecular complexity index is 395. The Morgan fingerprint density at radius 1 is 1.33 bits per heavy atom. The molecule has 2 rings (SSSR count). The summed E-state index contributed by atoms with van der Waals surface area (Å²) < 4.78 is 10.6. The quantitative estimate of drug-likeness (QED) is 0.823. The second-order valence-electron chi connectivity index (χ2n) is 3.06. The number of ether oxygens (including phenoxy) is 1. The van der Waals surface area contributed by atoms with Crippen molar-refractivity contribution in [2.45, 2.75) is 13.2 Å². The highest BCUT2D eigenvalue weighted by molar-refractivity contribution is 5.19. The smallest absolute Gasteiger partial charge is 0.146 e. The highest BCUT2D eigenvalue weighted by atomic mass is 16.5. The van der Waals surface area contributed by atoms with Crippen LogP contribution in [0.15, 0.2) is 41.1 Å². The fourth-order valence-electron chi connectivity index (χ4n) is 1.17. The Morgan fingerprint density at radius 2 is 2.27 bits per heavy atom. The number of hydrogen-bond acceptors (Lipinski definition) is 4. The average Bonchev–Trinajstić information content (AvgIpc) is 2.80. The Kier molecular flexibility index (Phi) is 2.99. The van der Waals surface area contributed by atoms with E-state index < -0.39 is 0 Å². The largest absolute Gasteiger partial charge is 0.484 e. The lowest BCUT2D eigenvalue weighted by Gasteiger charge is -2.03. The van der Waals surface area contributed by atoms with E-state index in [0.717, 1.165) is 11.5 Å². The molecule has 0 aliphatic heterocycles. The Balaban J connectivity index is 1.93. The minimum Gasteiger partial charge on any atom is -0.484 e. The average molecular weight is 204 g/mol. The maximum atomic E-state index is 5.45. The van der Waals surface area contributed by atoms with Gasteiger partial charge < -0.3 is 14.9 Å². The molecule has 0 spiro atoms. The van der Waals surface area contributed by atoms with Gasteiger partial charge in [-0.3, -0.25) is 4.98 Å². The monoisotopic (exact) mass is 204 g/mol. The van der Waals surface area contributed by atoms with Crippen molar-refractivity contribution in [1.82, 2.24) is 4.98 Å². The SMILES string of the molecule is NCc1ccc(OCc2ccco2)cn1. The predicted octanol–water partition coefficient (Wildman–Crippen LogP) is 1.71. The van der Waals surface area contributed by atoms with Gasteiger partial charge in [-0.05, 0) is 24.3 Å². The van der Waals surface area contributed by atoms with Crippen LogP contribution in [0.2, 0.25) is 0 Å². The third kappa shape index (κ3) is 2.57. The second kappa shape index (κ2) is 4.61. The van der Waals surface area contributed by atoms with Gasteiger partial charge in [-0.25, -0.2) is 0 Å². The Hall–Kier alpha value is -1.81. The zero-order valence-electron chi connectivity index (χ0n) is 8.22. The molecule has 15 heavy (non-hydrogen) atoms. The number of nitrogens with two attached hydrogens (primary N) is 1. The molecular weight excluding hydrogens is 192 g/mol. The molecule has 0 unspecified atom stereocenters. The van der Waals surface area contributed by atoms with Crippen molar-refractivity contribution in [1.29, 1.82) is 0 Å². The van der Waals surface area contributed by atoms with Crippen molar-refractivity contribution in [3.05, 3.63) is 48.2 Å². The van der Waals surface area contributed by atoms with Crippen molar-refractivity contribution in [3.63, 3.8) is 0 Å². The Labute approximate surface area is 87.7 Å². The van der Waals surface area contributed by atoms with E-state index in [9.17, 15) is 0 Å². The van der Waals surface area contributed by atoms with Gasteiger partial charge >= 0.3 is 0 Å². The lowest BCUT2D eigenvalue weighted by atomic mass is 10.3. The third-order valence-corrected chi connectivity index (χ3v) is 1.97. The van der Waals surface area contributed by atoms with Crippen LogP contribution in [-0.2, 0) is 13.2 Å². The van der Waals surface area contributed by atoms with Crippen LogP contribution in [0, 0.1) is 0 Å². The van der Waals surface area contributed by atoms with Crippen molar-refractivity contribution in [3.8, 4) is 5.75 Å². The molecule has 0 atom stereocenters. The minimum absolute atomic E-state index is 0.413. The molecule has 2 aromatic heterocycles. The van der Waals surface area contributed by atoms with E-state index in [1.165, 1.54) is 0 Å². The van der Waals surface area contributed by atoms with E-state index in [1.807, 2.05) is 24.3 Å². The fourth-order valence-corrected chi connectivity index (χ4v) is 1.17. The zero-order chi connectivity index (χ0) is 10.5. The van der Waals surface area contributed by atoms with Crippen LogP contribution < -0.4 is 10.5 Å². The van der Waals surface area contributed by atoms with Crippen LogP contribution in [0.4, 0.5) is 0 Å². The first kappa shape index (κ1) is 9.73. The van der Waals surface area contributed by atoms with E-state index in [2.05, 4.69) is 4.98 Å². The molecule has 2 aromatic rings. The molecule has 2 N–H and O–H groups in total. The molecule has 4 nitrogen and oxygen atoms in total. The number of hydrogen-bond donors (Lipinski definition) is 1. The summed E-state index contributed by atoms with van der Waals surface area (Å²) in [6.45, 7) is 0.856. The van der Waals surface area contributed by atoms with Gasteiger partial charge in [-0.1, -0.05) is 0 Å². The minimum atomic E-state index is 0.413. The lowest BCUT2D eigenvalue weighted by molar-refractivity contribution is 0.269. The van der Waals surface area contributed by atoms with Gasteiger partial charge in [0.15, 0.2) is 0 Å². The van der Waals surface area contributed by atoms with E-state index in [1.54, 1.807) is 12.5 Å². The number of rotatable bonds is 4. The third-order valence-electron chi connectivity index (χ3n) is 1.97. The maximum Gasteiger partial charge on any atom is 0.146 e. The molecule has 0 amide bonds. The van der Waals surface area contributed by atoms with Gasteiger partial charge in [0.1, 0.15) is 18.1 Å². The summed E-state index contributed by atoms with van der Waals surface area (Å²) in [6.07, 6.45) is 3.28. The fraction of sp³-hybridized carbons (Fsp3) is 0.182. The molecule has 0 bridgehead atoms. The Morgan fingerprint density at radius 3 is 2.87 bits per heavy atom. The summed E-state index contributed by atoms with van der Waals surface area (Å²) in [7, 11) is 0. The van der Waals surface area contributed by atoms with Gasteiger partial charge in [0.05, 0.1) is 18.2 Å². The van der Waals surface area contributed by atoms with Crippen molar-refractivity contribution >= 4 is 0 Å². The van der Waals surface area contributed by atoms with Crippen LogP contribution in [0.3, 0.4) is 0 Å². The zero-order valence-corrected chi connectivity index (χ0v) is 8.22. The summed E-state index contributed by atoms with van der Waals surface area (Å²) in [6, 6.07) is 7.38. The second-order valence-corrected chi connectivity index (χ2v) is 3.06. The van der Waals surface area contributed by atoms with E-state index in [-0.39, 0.29) is 0 Å². The molecule has 0 saturated heterocycles. The van der Waals surface area contributed by atoms with Crippen LogP contribution >= 0.6 is 0 Å². The van der Waals surface area contributed by atoms with Gasteiger partial charge in [0.25, 0.3) is 0 Å². The lowest BCUT2D eigenvalue weighted by Crippen LogP contribution is -2.00. The summed E-state index contributed by atoms with van der Waals surface area (Å²) >= 11 is 0. The first-order valence-electron chi connectivity index (χ1n) is 4.68. The van der Waals surface area contributed by atoms with Crippen molar-refractivity contribution in [2.24, 2.45) is 5.73 Å². The number of furan rings is 1. The van der Waals surface area contributed by atoms with Crippen LogP contribution in [0.25, 0.3) is 0 Å². The van der Waals surface area contributed by atoms with Crippen LogP contribution in [0.5, 0.6) is 5.75 Å². The summed E-state index contributed by atoms with van der Waals surface area (Å²) in [5, 5.41) is 0. The molecule has 4 heteroatoms. The normalized spacial score (nSPS) is 10.2. The van der Waals surface area contributed by atoms with Crippen LogP contribution in [-0.4, -0.2) is 4.98 Å². The highest BCUT2D eigenvalue weighted by Crippen LogP contribution is 2.11. The molecule has 0 radical (unpaired) electrons. The number of pyridine rings is 1. The van der Waals surface area contributed by atoms with Gasteiger partial charge in [-0.15, -0.1) is 0 Å². The van der Waals surface area contributed by atoms with E-state index >= 15 is 0 Å². The molecule has 0 aliphatic rings. The highest BCUT2D eigenvalue weighted by Gasteiger charge is 1.98. The van der Waals surface area contributed by atoms with Crippen LogP contribution in [0.1, 0.15) is 11.5 Å².